The largest absolute Gasteiger partial charge is 0.471 e. The lowest BCUT2D eigenvalue weighted by Gasteiger charge is -2.37. The summed E-state index contributed by atoms with van der Waals surface area (Å²) in [4.78, 5) is 24.9. The number of amides is 1. The SMILES string of the molecule is CC(C)C1CC(N(CC2CCOC[C@H]2C)C(=O)C(F)(F)F)CC1C(=O)Cl. The van der Waals surface area contributed by atoms with Crippen LogP contribution in [0, 0.1) is 29.6 Å². The van der Waals surface area contributed by atoms with Crippen LogP contribution >= 0.6 is 11.6 Å². The van der Waals surface area contributed by atoms with E-state index in [1.165, 1.54) is 0 Å². The molecule has 0 aromatic carbocycles. The summed E-state index contributed by atoms with van der Waals surface area (Å²) >= 11 is 5.70. The zero-order chi connectivity index (χ0) is 19.6. The fraction of sp³-hybridized carbons (Fsp3) is 0.889. The Morgan fingerprint density at radius 2 is 1.92 bits per heavy atom. The van der Waals surface area contributed by atoms with Crippen LogP contribution in [0.3, 0.4) is 0 Å². The number of rotatable bonds is 5. The Kier molecular flexibility index (Phi) is 6.99. The zero-order valence-corrected chi connectivity index (χ0v) is 16.1. The van der Waals surface area contributed by atoms with E-state index in [0.29, 0.717) is 26.1 Å². The maximum atomic E-state index is 13.2. The second kappa shape index (κ2) is 8.46. The highest BCUT2D eigenvalue weighted by molar-refractivity contribution is 6.64. The standard InChI is InChI=1S/C18H27ClF3NO3/c1-10(2)14-6-13(7-15(14)16(19)24)23(17(25)18(20,21)22)8-12-4-5-26-9-11(12)3/h10-15H,4-9H2,1-3H3/t11-,12?,13?,14?,15?/m1/s1. The van der Waals surface area contributed by atoms with Crippen molar-refractivity contribution in [2.75, 3.05) is 19.8 Å². The molecule has 150 valence electrons. The minimum Gasteiger partial charge on any atom is -0.381 e. The van der Waals surface area contributed by atoms with Crippen molar-refractivity contribution >= 4 is 22.8 Å². The van der Waals surface area contributed by atoms with Crippen molar-refractivity contribution in [2.24, 2.45) is 29.6 Å². The first-order chi connectivity index (χ1) is 12.0. The van der Waals surface area contributed by atoms with Crippen LogP contribution in [0.15, 0.2) is 0 Å². The summed E-state index contributed by atoms with van der Waals surface area (Å²) < 4.78 is 45.0. The summed E-state index contributed by atoms with van der Waals surface area (Å²) in [5.74, 6) is -2.28. The van der Waals surface area contributed by atoms with Crippen molar-refractivity contribution in [3.05, 3.63) is 0 Å². The van der Waals surface area contributed by atoms with Gasteiger partial charge in [-0.1, -0.05) is 20.8 Å². The van der Waals surface area contributed by atoms with E-state index in [1.54, 1.807) is 0 Å². The van der Waals surface area contributed by atoms with Gasteiger partial charge in [-0.3, -0.25) is 9.59 Å². The maximum absolute atomic E-state index is 13.2. The third-order valence-corrected chi connectivity index (χ3v) is 6.21. The van der Waals surface area contributed by atoms with E-state index in [0.717, 1.165) is 4.90 Å². The molecular weight excluding hydrogens is 371 g/mol. The molecule has 1 aliphatic carbocycles. The number of carbonyl (C=O) groups is 2. The fourth-order valence-electron chi connectivity index (χ4n) is 4.30. The van der Waals surface area contributed by atoms with Crippen LogP contribution < -0.4 is 0 Å². The molecule has 2 fully saturated rings. The predicted molar refractivity (Wildman–Crippen MR) is 91.6 cm³/mol. The molecule has 2 rings (SSSR count). The third kappa shape index (κ3) is 4.91. The lowest BCUT2D eigenvalue weighted by molar-refractivity contribution is -0.189. The highest BCUT2D eigenvalue weighted by Gasteiger charge is 2.49. The Bertz CT molecular complexity index is 526. The average Bonchev–Trinajstić information content (AvgIpc) is 2.98. The Morgan fingerprint density at radius 3 is 2.38 bits per heavy atom. The highest BCUT2D eigenvalue weighted by atomic mass is 35.5. The van der Waals surface area contributed by atoms with Gasteiger partial charge in [-0.2, -0.15) is 13.2 Å². The molecule has 1 saturated heterocycles. The quantitative estimate of drug-likeness (QED) is 0.662. The van der Waals surface area contributed by atoms with Gasteiger partial charge in [-0.05, 0) is 54.5 Å². The number of ether oxygens (including phenoxy) is 1. The van der Waals surface area contributed by atoms with E-state index in [9.17, 15) is 22.8 Å². The van der Waals surface area contributed by atoms with Gasteiger partial charge in [0, 0.05) is 31.7 Å². The number of halogens is 4. The van der Waals surface area contributed by atoms with Crippen LogP contribution in [0.4, 0.5) is 13.2 Å². The van der Waals surface area contributed by atoms with Crippen molar-refractivity contribution in [3.63, 3.8) is 0 Å². The van der Waals surface area contributed by atoms with E-state index in [1.807, 2.05) is 20.8 Å². The molecule has 0 spiro atoms. The minimum absolute atomic E-state index is 0.0432. The molecule has 4 nitrogen and oxygen atoms in total. The molecule has 0 aromatic rings. The Hall–Kier alpha value is -0.820. The molecule has 26 heavy (non-hydrogen) atoms. The summed E-state index contributed by atoms with van der Waals surface area (Å²) in [6.07, 6.45) is -3.73. The van der Waals surface area contributed by atoms with Gasteiger partial charge in [0.1, 0.15) is 0 Å². The molecule has 1 heterocycles. The molecule has 1 aliphatic heterocycles. The van der Waals surface area contributed by atoms with Gasteiger partial charge in [0.25, 0.3) is 0 Å². The predicted octanol–water partition coefficient (Wildman–Crippen LogP) is 3.87. The van der Waals surface area contributed by atoms with E-state index in [-0.39, 0.29) is 36.6 Å². The fourth-order valence-corrected chi connectivity index (χ4v) is 4.55. The van der Waals surface area contributed by atoms with Crippen molar-refractivity contribution in [1.29, 1.82) is 0 Å². The maximum Gasteiger partial charge on any atom is 0.471 e. The first-order valence-electron chi connectivity index (χ1n) is 9.17. The second-order valence-electron chi connectivity index (χ2n) is 8.00. The average molecular weight is 398 g/mol. The van der Waals surface area contributed by atoms with Gasteiger partial charge in [0.05, 0.1) is 0 Å². The monoisotopic (exact) mass is 397 g/mol. The summed E-state index contributed by atoms with van der Waals surface area (Å²) in [5, 5.41) is -0.523. The van der Waals surface area contributed by atoms with E-state index in [2.05, 4.69) is 0 Å². The number of hydrogen-bond acceptors (Lipinski definition) is 3. The van der Waals surface area contributed by atoms with Crippen molar-refractivity contribution in [3.8, 4) is 0 Å². The molecule has 2 aliphatic rings. The molecule has 5 atom stereocenters. The zero-order valence-electron chi connectivity index (χ0n) is 15.4. The normalized spacial score (nSPS) is 32.7. The van der Waals surface area contributed by atoms with Gasteiger partial charge >= 0.3 is 12.1 Å². The topological polar surface area (TPSA) is 46.6 Å². The molecule has 0 N–H and O–H groups in total. The van der Waals surface area contributed by atoms with Crippen molar-refractivity contribution in [1.82, 2.24) is 4.90 Å². The molecule has 1 amide bonds. The van der Waals surface area contributed by atoms with Crippen molar-refractivity contribution in [2.45, 2.75) is 52.3 Å². The first-order valence-corrected chi connectivity index (χ1v) is 9.55. The molecule has 0 radical (unpaired) electrons. The van der Waals surface area contributed by atoms with Crippen LogP contribution in [0.2, 0.25) is 0 Å². The second-order valence-corrected chi connectivity index (χ2v) is 8.37. The number of hydrogen-bond donors (Lipinski definition) is 0. The minimum atomic E-state index is -4.93. The van der Waals surface area contributed by atoms with Crippen LogP contribution in [-0.4, -0.2) is 48.0 Å². The lowest BCUT2D eigenvalue weighted by Crippen LogP contribution is -2.50. The van der Waals surface area contributed by atoms with Crippen molar-refractivity contribution < 1.29 is 27.5 Å². The van der Waals surface area contributed by atoms with Crippen LogP contribution in [0.25, 0.3) is 0 Å². The Morgan fingerprint density at radius 1 is 1.27 bits per heavy atom. The highest BCUT2D eigenvalue weighted by Crippen LogP contribution is 2.42. The summed E-state index contributed by atoms with van der Waals surface area (Å²) in [6.45, 7) is 6.80. The molecule has 8 heteroatoms. The summed E-state index contributed by atoms with van der Waals surface area (Å²) in [5.41, 5.74) is 0. The third-order valence-electron chi connectivity index (χ3n) is 5.93. The molecule has 1 saturated carbocycles. The van der Waals surface area contributed by atoms with E-state index in [4.69, 9.17) is 16.3 Å². The van der Waals surface area contributed by atoms with Gasteiger partial charge in [-0.25, -0.2) is 0 Å². The molecule has 4 unspecified atom stereocenters. The Labute approximate surface area is 157 Å². The van der Waals surface area contributed by atoms with Gasteiger partial charge in [-0.15, -0.1) is 0 Å². The van der Waals surface area contributed by atoms with Gasteiger partial charge in [0.2, 0.25) is 5.24 Å². The molecular formula is C18H27ClF3NO3. The summed E-state index contributed by atoms with van der Waals surface area (Å²) in [7, 11) is 0. The molecule has 0 aromatic heterocycles. The smallest absolute Gasteiger partial charge is 0.381 e. The number of nitrogens with zero attached hydrogens (tertiary/aromatic N) is 1. The lowest BCUT2D eigenvalue weighted by atomic mass is 9.87. The number of carbonyl (C=O) groups excluding carboxylic acids is 2. The Balaban J connectivity index is 2.23. The van der Waals surface area contributed by atoms with E-state index < -0.39 is 29.3 Å². The van der Waals surface area contributed by atoms with Crippen LogP contribution in [0.1, 0.15) is 40.0 Å². The van der Waals surface area contributed by atoms with Crippen LogP contribution in [-0.2, 0) is 14.3 Å². The summed E-state index contributed by atoms with van der Waals surface area (Å²) in [6, 6.07) is -0.612. The van der Waals surface area contributed by atoms with Gasteiger partial charge < -0.3 is 9.64 Å². The number of alkyl halides is 3. The van der Waals surface area contributed by atoms with Crippen LogP contribution in [0.5, 0.6) is 0 Å². The molecule has 0 bridgehead atoms. The van der Waals surface area contributed by atoms with Gasteiger partial charge in [0.15, 0.2) is 0 Å². The first kappa shape index (κ1) is 21.5. The van der Waals surface area contributed by atoms with E-state index >= 15 is 0 Å².